The molecular formula is C16H16FNO2S. The van der Waals surface area contributed by atoms with Crippen LogP contribution in [0.5, 0.6) is 11.5 Å². The molecule has 0 atom stereocenters. The highest BCUT2D eigenvalue weighted by molar-refractivity contribution is 7.80. The molecule has 2 aromatic rings. The van der Waals surface area contributed by atoms with E-state index in [1.54, 1.807) is 18.2 Å². The highest BCUT2D eigenvalue weighted by Gasteiger charge is 2.08. The van der Waals surface area contributed by atoms with E-state index in [0.29, 0.717) is 22.7 Å². The largest absolute Gasteiger partial charge is 0.494 e. The molecule has 0 aliphatic carbocycles. The Kier molecular flexibility index (Phi) is 5.11. The summed E-state index contributed by atoms with van der Waals surface area (Å²) in [5.41, 5.74) is 6.95. The molecule has 0 saturated heterocycles. The van der Waals surface area contributed by atoms with Crippen molar-refractivity contribution in [3.8, 4) is 11.5 Å². The van der Waals surface area contributed by atoms with E-state index >= 15 is 0 Å². The number of hydrogen-bond acceptors (Lipinski definition) is 3. The Morgan fingerprint density at radius 2 is 1.90 bits per heavy atom. The maximum atomic E-state index is 13.9. The molecule has 0 unspecified atom stereocenters. The molecule has 0 saturated carbocycles. The van der Waals surface area contributed by atoms with E-state index in [1.165, 1.54) is 7.11 Å². The fraction of sp³-hybridized carbons (Fsp3) is 0.188. The van der Waals surface area contributed by atoms with Crippen LogP contribution in [0.1, 0.15) is 11.1 Å². The molecule has 0 aromatic heterocycles. The van der Waals surface area contributed by atoms with Crippen LogP contribution in [0.2, 0.25) is 0 Å². The molecule has 5 heteroatoms. The molecular weight excluding hydrogens is 289 g/mol. The molecule has 0 aliphatic heterocycles. The maximum Gasteiger partial charge on any atom is 0.171 e. The van der Waals surface area contributed by atoms with Gasteiger partial charge in [0.2, 0.25) is 0 Å². The minimum Gasteiger partial charge on any atom is -0.494 e. The van der Waals surface area contributed by atoms with Gasteiger partial charge in [-0.05, 0) is 23.8 Å². The summed E-state index contributed by atoms with van der Waals surface area (Å²) in [4.78, 5) is 0.446. The molecule has 2 rings (SSSR count). The Balaban J connectivity index is 2.01. The van der Waals surface area contributed by atoms with E-state index < -0.39 is 5.82 Å². The van der Waals surface area contributed by atoms with Crippen molar-refractivity contribution < 1.29 is 13.9 Å². The van der Waals surface area contributed by atoms with Crippen molar-refractivity contribution in [3.63, 3.8) is 0 Å². The molecule has 0 bridgehead atoms. The predicted molar refractivity (Wildman–Crippen MR) is 84.2 cm³/mol. The van der Waals surface area contributed by atoms with Crippen molar-refractivity contribution >= 4 is 17.2 Å². The van der Waals surface area contributed by atoms with Gasteiger partial charge in [-0.2, -0.15) is 0 Å². The minimum atomic E-state index is -0.398. The lowest BCUT2D eigenvalue weighted by molar-refractivity contribution is 0.295. The van der Waals surface area contributed by atoms with E-state index in [0.717, 1.165) is 5.56 Å². The normalized spacial score (nSPS) is 10.2. The SMILES string of the molecule is COc1cccc(COc2ccc(CC(N)=S)cc2)c1F. The van der Waals surface area contributed by atoms with Gasteiger partial charge in [0.15, 0.2) is 11.6 Å². The number of nitrogens with two attached hydrogens (primary N) is 1. The van der Waals surface area contributed by atoms with Crippen molar-refractivity contribution in [3.05, 3.63) is 59.4 Å². The molecule has 110 valence electrons. The summed E-state index contributed by atoms with van der Waals surface area (Å²) in [6, 6.07) is 12.4. The van der Waals surface area contributed by atoms with Crippen molar-refractivity contribution in [2.75, 3.05) is 7.11 Å². The molecule has 0 heterocycles. The van der Waals surface area contributed by atoms with Crippen LogP contribution in [-0.2, 0) is 13.0 Å². The van der Waals surface area contributed by atoms with Gasteiger partial charge in [0, 0.05) is 12.0 Å². The molecule has 2 aromatic carbocycles. The fourth-order valence-corrected chi connectivity index (χ4v) is 2.06. The molecule has 2 N–H and O–H groups in total. The number of halogens is 1. The third kappa shape index (κ3) is 4.16. The first kappa shape index (κ1) is 15.3. The smallest absolute Gasteiger partial charge is 0.171 e. The zero-order valence-corrected chi connectivity index (χ0v) is 12.5. The number of benzene rings is 2. The van der Waals surface area contributed by atoms with E-state index in [4.69, 9.17) is 27.4 Å². The van der Waals surface area contributed by atoms with Gasteiger partial charge in [0.05, 0.1) is 12.1 Å². The maximum absolute atomic E-state index is 13.9. The summed E-state index contributed by atoms with van der Waals surface area (Å²) in [6.45, 7) is 0.137. The minimum absolute atomic E-state index is 0.137. The Morgan fingerprint density at radius 3 is 2.52 bits per heavy atom. The van der Waals surface area contributed by atoms with Gasteiger partial charge in [-0.1, -0.05) is 36.5 Å². The highest BCUT2D eigenvalue weighted by Crippen LogP contribution is 2.22. The van der Waals surface area contributed by atoms with Gasteiger partial charge in [-0.25, -0.2) is 4.39 Å². The summed E-state index contributed by atoms with van der Waals surface area (Å²) >= 11 is 4.86. The van der Waals surface area contributed by atoms with Gasteiger partial charge >= 0.3 is 0 Å². The number of thiocarbonyl (C=S) groups is 1. The predicted octanol–water partition coefficient (Wildman–Crippen LogP) is 3.24. The Hall–Kier alpha value is -2.14. The molecule has 0 amide bonds. The van der Waals surface area contributed by atoms with Gasteiger partial charge < -0.3 is 15.2 Å². The number of methoxy groups -OCH3 is 1. The Labute approximate surface area is 128 Å². The standard InChI is InChI=1S/C16H16FNO2S/c1-19-14-4-2-3-12(16(14)17)10-20-13-7-5-11(6-8-13)9-15(18)21/h2-8H,9-10H2,1H3,(H2,18,21). The first-order chi connectivity index (χ1) is 10.1. The fourth-order valence-electron chi connectivity index (χ4n) is 1.89. The van der Waals surface area contributed by atoms with Gasteiger partial charge in [-0.3, -0.25) is 0 Å². The highest BCUT2D eigenvalue weighted by atomic mass is 32.1. The Morgan fingerprint density at radius 1 is 1.19 bits per heavy atom. The van der Waals surface area contributed by atoms with E-state index in [-0.39, 0.29) is 12.4 Å². The van der Waals surface area contributed by atoms with Crippen LogP contribution in [0.4, 0.5) is 4.39 Å². The molecule has 0 spiro atoms. The summed E-state index contributed by atoms with van der Waals surface area (Å²) < 4.78 is 24.5. The first-order valence-corrected chi connectivity index (χ1v) is 6.82. The van der Waals surface area contributed by atoms with Crippen LogP contribution < -0.4 is 15.2 Å². The summed E-state index contributed by atoms with van der Waals surface area (Å²) in [5, 5.41) is 0. The average Bonchev–Trinajstić information content (AvgIpc) is 2.47. The van der Waals surface area contributed by atoms with E-state index in [2.05, 4.69) is 0 Å². The third-order valence-corrected chi connectivity index (χ3v) is 3.10. The van der Waals surface area contributed by atoms with Crippen LogP contribution in [0, 0.1) is 5.82 Å². The second-order valence-electron chi connectivity index (χ2n) is 4.51. The van der Waals surface area contributed by atoms with Crippen molar-refractivity contribution in [1.82, 2.24) is 0 Å². The second-order valence-corrected chi connectivity index (χ2v) is 5.03. The first-order valence-electron chi connectivity index (χ1n) is 6.41. The monoisotopic (exact) mass is 305 g/mol. The van der Waals surface area contributed by atoms with Crippen LogP contribution in [0.3, 0.4) is 0 Å². The van der Waals surface area contributed by atoms with E-state index in [9.17, 15) is 4.39 Å². The Bertz CT molecular complexity index is 629. The van der Waals surface area contributed by atoms with Gasteiger partial charge in [0.25, 0.3) is 0 Å². The average molecular weight is 305 g/mol. The quantitative estimate of drug-likeness (QED) is 0.832. The van der Waals surface area contributed by atoms with Crippen molar-refractivity contribution in [2.24, 2.45) is 5.73 Å². The molecule has 0 radical (unpaired) electrons. The second kappa shape index (κ2) is 7.04. The number of rotatable bonds is 6. The summed E-state index contributed by atoms with van der Waals surface area (Å²) in [6.07, 6.45) is 0.556. The lowest BCUT2D eigenvalue weighted by Crippen LogP contribution is -2.10. The van der Waals surface area contributed by atoms with Gasteiger partial charge in [0.1, 0.15) is 12.4 Å². The van der Waals surface area contributed by atoms with Crippen LogP contribution in [0.25, 0.3) is 0 Å². The molecule has 0 fully saturated rings. The van der Waals surface area contributed by atoms with Gasteiger partial charge in [-0.15, -0.1) is 0 Å². The number of hydrogen-bond donors (Lipinski definition) is 1. The zero-order chi connectivity index (χ0) is 15.2. The molecule has 3 nitrogen and oxygen atoms in total. The lowest BCUT2D eigenvalue weighted by atomic mass is 10.1. The summed E-state index contributed by atoms with van der Waals surface area (Å²) in [7, 11) is 1.43. The topological polar surface area (TPSA) is 44.5 Å². The molecule has 0 aliphatic rings. The van der Waals surface area contributed by atoms with Crippen LogP contribution >= 0.6 is 12.2 Å². The molecule has 21 heavy (non-hydrogen) atoms. The van der Waals surface area contributed by atoms with Crippen molar-refractivity contribution in [1.29, 1.82) is 0 Å². The summed E-state index contributed by atoms with van der Waals surface area (Å²) in [5.74, 6) is 0.469. The van der Waals surface area contributed by atoms with E-state index in [1.807, 2.05) is 24.3 Å². The van der Waals surface area contributed by atoms with Crippen LogP contribution in [-0.4, -0.2) is 12.1 Å². The van der Waals surface area contributed by atoms with Crippen molar-refractivity contribution in [2.45, 2.75) is 13.0 Å². The van der Waals surface area contributed by atoms with Crippen LogP contribution in [0.15, 0.2) is 42.5 Å². The third-order valence-electron chi connectivity index (χ3n) is 2.96. The number of ether oxygens (including phenoxy) is 2. The lowest BCUT2D eigenvalue weighted by Gasteiger charge is -2.10. The zero-order valence-electron chi connectivity index (χ0n) is 11.6.